The minimum absolute atomic E-state index is 0.134. The molecule has 0 saturated heterocycles. The molecule has 1 aromatic carbocycles. The molecule has 1 saturated carbocycles. The Morgan fingerprint density at radius 2 is 2.38 bits per heavy atom. The zero-order valence-electron chi connectivity index (χ0n) is 12.1. The van der Waals surface area contributed by atoms with Crippen molar-refractivity contribution in [2.75, 3.05) is 19.0 Å². The minimum Gasteiger partial charge on any atom is -0.494 e. The number of hydrogen-bond acceptors (Lipinski definition) is 5. The normalized spacial score (nSPS) is 16.3. The summed E-state index contributed by atoms with van der Waals surface area (Å²) in [7, 11) is 0. The van der Waals surface area contributed by atoms with Gasteiger partial charge in [0.25, 0.3) is 0 Å². The number of aliphatic hydroxyl groups excluding tert-OH is 1. The quantitative estimate of drug-likeness (QED) is 0.652. The summed E-state index contributed by atoms with van der Waals surface area (Å²) in [6, 6.07) is 6.61. The second kappa shape index (κ2) is 6.68. The standard InChI is InChI=1S/C15H21N3O2S/c1-2-20-12-5-6-13-14(7-12)18-15(17-13)21-9-11(8-19)16-10-3-4-10/h5-7,10-11,16,19H,2-4,8-9H2,1H3,(H,17,18). The van der Waals surface area contributed by atoms with Gasteiger partial charge >= 0.3 is 0 Å². The third-order valence-electron chi connectivity index (χ3n) is 3.43. The van der Waals surface area contributed by atoms with Crippen LogP contribution in [-0.2, 0) is 0 Å². The lowest BCUT2D eigenvalue weighted by molar-refractivity contribution is 0.253. The van der Waals surface area contributed by atoms with Crippen LogP contribution in [0.4, 0.5) is 0 Å². The summed E-state index contributed by atoms with van der Waals surface area (Å²) in [5.41, 5.74) is 1.93. The summed E-state index contributed by atoms with van der Waals surface area (Å²) in [5, 5.41) is 13.7. The van der Waals surface area contributed by atoms with Crippen molar-refractivity contribution in [3.63, 3.8) is 0 Å². The molecule has 1 aliphatic carbocycles. The number of aliphatic hydroxyl groups is 1. The molecule has 6 heteroatoms. The van der Waals surface area contributed by atoms with E-state index in [4.69, 9.17) is 4.74 Å². The number of benzene rings is 1. The van der Waals surface area contributed by atoms with Gasteiger partial charge in [-0.2, -0.15) is 0 Å². The van der Waals surface area contributed by atoms with E-state index >= 15 is 0 Å². The van der Waals surface area contributed by atoms with Gasteiger partial charge in [0.1, 0.15) is 5.75 Å². The Labute approximate surface area is 128 Å². The van der Waals surface area contributed by atoms with Crippen LogP contribution in [0.3, 0.4) is 0 Å². The van der Waals surface area contributed by atoms with E-state index in [1.807, 2.05) is 25.1 Å². The smallest absolute Gasteiger partial charge is 0.166 e. The van der Waals surface area contributed by atoms with Gasteiger partial charge in [0.15, 0.2) is 5.16 Å². The molecule has 1 atom stereocenters. The molecule has 3 N–H and O–H groups in total. The Bertz CT molecular complexity index is 598. The van der Waals surface area contributed by atoms with Crippen molar-refractivity contribution in [3.05, 3.63) is 18.2 Å². The van der Waals surface area contributed by atoms with E-state index in [2.05, 4.69) is 15.3 Å². The van der Waals surface area contributed by atoms with Gasteiger partial charge in [-0.05, 0) is 31.9 Å². The maximum atomic E-state index is 9.39. The summed E-state index contributed by atoms with van der Waals surface area (Å²) in [5.74, 6) is 1.67. The number of ether oxygens (including phenoxy) is 1. The predicted octanol–water partition coefficient (Wildman–Crippen LogP) is 2.17. The second-order valence-electron chi connectivity index (χ2n) is 5.29. The van der Waals surface area contributed by atoms with Crippen molar-refractivity contribution in [2.45, 2.75) is 37.0 Å². The highest BCUT2D eigenvalue weighted by atomic mass is 32.2. The first-order valence-corrected chi connectivity index (χ1v) is 8.39. The van der Waals surface area contributed by atoms with Gasteiger partial charge in [0, 0.05) is 23.9 Å². The molecule has 114 valence electrons. The molecule has 0 aliphatic heterocycles. The maximum absolute atomic E-state index is 9.39. The van der Waals surface area contributed by atoms with Crippen LogP contribution in [0.1, 0.15) is 19.8 Å². The zero-order chi connectivity index (χ0) is 14.7. The SMILES string of the molecule is CCOc1ccc2nc(SCC(CO)NC3CC3)[nH]c2c1. The second-order valence-corrected chi connectivity index (χ2v) is 6.29. The maximum Gasteiger partial charge on any atom is 0.166 e. The van der Waals surface area contributed by atoms with Crippen molar-refractivity contribution in [1.29, 1.82) is 0 Å². The third-order valence-corrected chi connectivity index (χ3v) is 4.47. The summed E-state index contributed by atoms with van der Waals surface area (Å²) in [6.45, 7) is 2.80. The molecule has 21 heavy (non-hydrogen) atoms. The van der Waals surface area contributed by atoms with Crippen LogP contribution >= 0.6 is 11.8 Å². The van der Waals surface area contributed by atoms with Crippen LogP contribution in [0.2, 0.25) is 0 Å². The molecular formula is C15H21N3O2S. The van der Waals surface area contributed by atoms with E-state index in [1.165, 1.54) is 12.8 Å². The zero-order valence-corrected chi connectivity index (χ0v) is 12.9. The Morgan fingerprint density at radius 3 is 3.10 bits per heavy atom. The molecule has 1 unspecified atom stereocenters. The van der Waals surface area contributed by atoms with Crippen LogP contribution in [0.5, 0.6) is 5.75 Å². The van der Waals surface area contributed by atoms with Crippen LogP contribution in [0.15, 0.2) is 23.4 Å². The third kappa shape index (κ3) is 3.90. The van der Waals surface area contributed by atoms with Crippen molar-refractivity contribution < 1.29 is 9.84 Å². The molecule has 0 bridgehead atoms. The number of imidazole rings is 1. The highest BCUT2D eigenvalue weighted by molar-refractivity contribution is 7.99. The predicted molar refractivity (Wildman–Crippen MR) is 85.0 cm³/mol. The van der Waals surface area contributed by atoms with Crippen LogP contribution in [0, 0.1) is 0 Å². The number of thioether (sulfide) groups is 1. The van der Waals surface area contributed by atoms with Gasteiger partial charge in [-0.15, -0.1) is 0 Å². The van der Waals surface area contributed by atoms with E-state index in [9.17, 15) is 5.11 Å². The first-order valence-electron chi connectivity index (χ1n) is 7.40. The minimum atomic E-state index is 0.134. The molecule has 1 heterocycles. The van der Waals surface area contributed by atoms with Crippen molar-refractivity contribution in [3.8, 4) is 5.75 Å². The van der Waals surface area contributed by atoms with Gasteiger partial charge < -0.3 is 20.1 Å². The first-order chi connectivity index (χ1) is 10.3. The van der Waals surface area contributed by atoms with Gasteiger partial charge in [-0.25, -0.2) is 4.98 Å². The number of aromatic amines is 1. The molecule has 0 spiro atoms. The molecule has 2 aromatic rings. The Balaban J connectivity index is 1.63. The summed E-state index contributed by atoms with van der Waals surface area (Å²) < 4.78 is 5.49. The van der Waals surface area contributed by atoms with Crippen molar-refractivity contribution in [2.24, 2.45) is 0 Å². The number of H-pyrrole nitrogens is 1. The van der Waals surface area contributed by atoms with Gasteiger partial charge in [0.05, 0.1) is 24.2 Å². The molecular weight excluding hydrogens is 286 g/mol. The molecule has 0 radical (unpaired) electrons. The number of fused-ring (bicyclic) bond motifs is 1. The number of nitrogens with one attached hydrogen (secondary N) is 2. The monoisotopic (exact) mass is 307 g/mol. The fraction of sp³-hybridized carbons (Fsp3) is 0.533. The first kappa shape index (κ1) is 14.7. The molecule has 1 aromatic heterocycles. The molecule has 3 rings (SSSR count). The lowest BCUT2D eigenvalue weighted by atomic mass is 10.3. The average molecular weight is 307 g/mol. The molecule has 1 fully saturated rings. The van der Waals surface area contributed by atoms with Crippen LogP contribution in [-0.4, -0.2) is 46.1 Å². The van der Waals surface area contributed by atoms with E-state index in [-0.39, 0.29) is 12.6 Å². The summed E-state index contributed by atoms with van der Waals surface area (Å²) in [4.78, 5) is 7.86. The van der Waals surface area contributed by atoms with Crippen LogP contribution < -0.4 is 10.1 Å². The Kier molecular flexibility index (Phi) is 4.67. The fourth-order valence-corrected chi connectivity index (χ4v) is 3.11. The lowest BCUT2D eigenvalue weighted by Crippen LogP contribution is -2.36. The highest BCUT2D eigenvalue weighted by Crippen LogP contribution is 2.25. The molecule has 5 nitrogen and oxygen atoms in total. The van der Waals surface area contributed by atoms with E-state index in [0.29, 0.717) is 12.6 Å². The average Bonchev–Trinajstić information content (AvgIpc) is 3.21. The van der Waals surface area contributed by atoms with E-state index in [0.717, 1.165) is 27.7 Å². The van der Waals surface area contributed by atoms with Crippen molar-refractivity contribution in [1.82, 2.24) is 15.3 Å². The lowest BCUT2D eigenvalue weighted by Gasteiger charge is -2.14. The fourth-order valence-electron chi connectivity index (χ4n) is 2.21. The van der Waals surface area contributed by atoms with Gasteiger partial charge in [0.2, 0.25) is 0 Å². The van der Waals surface area contributed by atoms with E-state index in [1.54, 1.807) is 11.8 Å². The Hall–Kier alpha value is -1.24. The molecule has 0 amide bonds. The number of aromatic nitrogens is 2. The van der Waals surface area contributed by atoms with Gasteiger partial charge in [-0.3, -0.25) is 0 Å². The van der Waals surface area contributed by atoms with Gasteiger partial charge in [-0.1, -0.05) is 11.8 Å². The summed E-state index contributed by atoms with van der Waals surface area (Å²) >= 11 is 1.64. The summed E-state index contributed by atoms with van der Waals surface area (Å²) in [6.07, 6.45) is 2.46. The molecule has 1 aliphatic rings. The van der Waals surface area contributed by atoms with Crippen molar-refractivity contribution >= 4 is 22.8 Å². The number of hydrogen-bond donors (Lipinski definition) is 3. The number of nitrogens with zero attached hydrogens (tertiary/aromatic N) is 1. The highest BCUT2D eigenvalue weighted by Gasteiger charge is 2.24. The topological polar surface area (TPSA) is 70.2 Å². The number of rotatable bonds is 8. The van der Waals surface area contributed by atoms with E-state index < -0.39 is 0 Å². The van der Waals surface area contributed by atoms with Crippen LogP contribution in [0.25, 0.3) is 11.0 Å². The largest absolute Gasteiger partial charge is 0.494 e. The Morgan fingerprint density at radius 1 is 1.52 bits per heavy atom.